The Hall–Kier alpha value is -4.16. The minimum atomic E-state index is -0.271. The van der Waals surface area contributed by atoms with Gasteiger partial charge >= 0.3 is 0 Å². The fourth-order valence-electron chi connectivity index (χ4n) is 5.64. The van der Waals surface area contributed by atoms with Gasteiger partial charge in [-0.2, -0.15) is 0 Å². The van der Waals surface area contributed by atoms with Gasteiger partial charge in [-0.15, -0.1) is 0 Å². The number of hydrogen-bond donors (Lipinski definition) is 2. The van der Waals surface area contributed by atoms with Crippen LogP contribution in [-0.4, -0.2) is 94.5 Å². The van der Waals surface area contributed by atoms with Gasteiger partial charge in [-0.05, 0) is 55.7 Å². The van der Waals surface area contributed by atoms with E-state index in [4.69, 9.17) is 14.2 Å². The van der Waals surface area contributed by atoms with Crippen LogP contribution in [0.1, 0.15) is 41.0 Å². The Morgan fingerprint density at radius 2 is 1.84 bits per heavy atom. The van der Waals surface area contributed by atoms with Crippen LogP contribution in [0.3, 0.4) is 0 Å². The summed E-state index contributed by atoms with van der Waals surface area (Å²) in [4.78, 5) is 31.0. The van der Waals surface area contributed by atoms with Crippen molar-refractivity contribution in [3.63, 3.8) is 0 Å². The van der Waals surface area contributed by atoms with Crippen molar-refractivity contribution in [2.24, 2.45) is 0 Å². The van der Waals surface area contributed by atoms with Gasteiger partial charge in [0.25, 0.3) is 0 Å². The molecule has 3 aromatic heterocycles. The Bertz CT molecular complexity index is 1590. The molecule has 2 saturated heterocycles. The number of nitrogens with zero attached hydrogens (tertiary/aromatic N) is 5. The number of aliphatic hydroxyl groups excluding tert-OH is 2. The maximum absolute atomic E-state index is 13.0. The van der Waals surface area contributed by atoms with Crippen LogP contribution < -0.4 is 14.4 Å². The van der Waals surface area contributed by atoms with Gasteiger partial charge in [0.2, 0.25) is 0 Å². The Morgan fingerprint density at radius 3 is 2.62 bits per heavy atom. The SMILES string of the molecule is O=C(Cc1ccc(Oc2ccnc3cc(OCCCN4CCOCC4)c(CO)cc23)cn1)c1cccc(N2CCC(O)CC2)n1. The summed E-state index contributed by atoms with van der Waals surface area (Å²) in [5, 5.41) is 20.6. The van der Waals surface area contributed by atoms with Crippen LogP contribution in [0, 0.1) is 0 Å². The third-order valence-electron chi connectivity index (χ3n) is 8.21. The van der Waals surface area contributed by atoms with Gasteiger partial charge in [-0.1, -0.05) is 6.07 Å². The number of anilines is 1. The fourth-order valence-corrected chi connectivity index (χ4v) is 5.64. The second kappa shape index (κ2) is 14.7. The number of carbonyl (C=O) groups excluding carboxylic acids is 1. The van der Waals surface area contributed by atoms with E-state index in [1.807, 2.05) is 24.3 Å². The van der Waals surface area contributed by atoms with E-state index in [1.54, 1.807) is 36.7 Å². The summed E-state index contributed by atoms with van der Waals surface area (Å²) in [5.41, 5.74) is 2.36. The summed E-state index contributed by atoms with van der Waals surface area (Å²) in [5.74, 6) is 2.33. The van der Waals surface area contributed by atoms with Crippen LogP contribution in [0.15, 0.2) is 60.9 Å². The van der Waals surface area contributed by atoms with Crippen molar-refractivity contribution in [3.05, 3.63) is 77.9 Å². The number of Topliss-reactive ketones (excluding diaryl/α,β-unsaturated/α-hetero) is 1. The van der Waals surface area contributed by atoms with E-state index in [9.17, 15) is 15.0 Å². The van der Waals surface area contributed by atoms with Crippen molar-refractivity contribution in [1.29, 1.82) is 0 Å². The predicted molar refractivity (Wildman–Crippen MR) is 169 cm³/mol. The molecule has 0 saturated carbocycles. The molecule has 5 heterocycles. The number of aliphatic hydroxyl groups is 2. The van der Waals surface area contributed by atoms with Crippen molar-refractivity contribution in [2.45, 2.75) is 38.4 Å². The number of piperidine rings is 1. The molecule has 11 nitrogen and oxygen atoms in total. The number of benzene rings is 1. The molecule has 1 aromatic carbocycles. The third-order valence-corrected chi connectivity index (χ3v) is 8.21. The molecule has 4 aromatic rings. The second-order valence-corrected chi connectivity index (χ2v) is 11.4. The maximum atomic E-state index is 13.0. The van der Waals surface area contributed by atoms with Gasteiger partial charge in [-0.25, -0.2) is 4.98 Å². The molecule has 0 aliphatic carbocycles. The van der Waals surface area contributed by atoms with Crippen LogP contribution in [0.4, 0.5) is 5.82 Å². The molecule has 11 heteroatoms. The van der Waals surface area contributed by atoms with E-state index in [0.29, 0.717) is 72.3 Å². The lowest BCUT2D eigenvalue weighted by Gasteiger charge is -2.30. The Morgan fingerprint density at radius 1 is 1.00 bits per heavy atom. The highest BCUT2D eigenvalue weighted by Gasteiger charge is 2.20. The maximum Gasteiger partial charge on any atom is 0.187 e. The van der Waals surface area contributed by atoms with E-state index < -0.39 is 0 Å². The summed E-state index contributed by atoms with van der Waals surface area (Å²) in [7, 11) is 0. The highest BCUT2D eigenvalue weighted by molar-refractivity contribution is 5.95. The third kappa shape index (κ3) is 7.93. The number of rotatable bonds is 12. The molecular weight excluding hydrogens is 574 g/mol. The molecule has 2 aliphatic rings. The standard InChI is InChI=1S/C34H39N5O6/c40-23-24-19-28-30(21-33(24)44-16-2-11-38-14-17-43-18-15-38)35-10-7-32(28)45-27-6-5-25(36-22-27)20-31(42)29-3-1-4-34(37-29)39-12-8-26(41)9-13-39/h1,3-7,10,19,21-22,26,40-41H,2,8-9,11-18,20,23H2. The summed E-state index contributed by atoms with van der Waals surface area (Å²) in [6, 6.07) is 14.5. The molecule has 6 rings (SSSR count). The zero-order chi connectivity index (χ0) is 31.0. The highest BCUT2D eigenvalue weighted by atomic mass is 16.5. The van der Waals surface area contributed by atoms with Gasteiger partial charge in [0.05, 0.1) is 50.7 Å². The molecule has 236 valence electrons. The smallest absolute Gasteiger partial charge is 0.187 e. The van der Waals surface area contributed by atoms with Gasteiger partial charge in [0, 0.05) is 61.6 Å². The first-order valence-electron chi connectivity index (χ1n) is 15.6. The van der Waals surface area contributed by atoms with Crippen molar-refractivity contribution in [2.75, 3.05) is 57.4 Å². The summed E-state index contributed by atoms with van der Waals surface area (Å²) in [6.07, 6.45) is 5.38. The highest BCUT2D eigenvalue weighted by Crippen LogP contribution is 2.33. The van der Waals surface area contributed by atoms with E-state index in [0.717, 1.165) is 50.5 Å². The van der Waals surface area contributed by atoms with Crippen LogP contribution in [0.5, 0.6) is 17.2 Å². The van der Waals surface area contributed by atoms with E-state index in [-0.39, 0.29) is 24.9 Å². The number of morpholine rings is 1. The van der Waals surface area contributed by atoms with Crippen molar-refractivity contribution in [3.8, 4) is 17.2 Å². The summed E-state index contributed by atoms with van der Waals surface area (Å²) >= 11 is 0. The van der Waals surface area contributed by atoms with Crippen LogP contribution in [-0.2, 0) is 17.8 Å². The van der Waals surface area contributed by atoms with Crippen LogP contribution in [0.25, 0.3) is 10.9 Å². The molecule has 0 amide bonds. The van der Waals surface area contributed by atoms with E-state index in [2.05, 4.69) is 24.8 Å². The molecule has 0 radical (unpaired) electrons. The number of fused-ring (bicyclic) bond motifs is 1. The number of aromatic nitrogens is 3. The lowest BCUT2D eigenvalue weighted by atomic mass is 10.1. The molecule has 0 bridgehead atoms. The average molecular weight is 614 g/mol. The van der Waals surface area contributed by atoms with Crippen molar-refractivity contribution in [1.82, 2.24) is 19.9 Å². The minimum Gasteiger partial charge on any atom is -0.493 e. The van der Waals surface area contributed by atoms with Gasteiger partial charge in [0.15, 0.2) is 5.78 Å². The molecule has 2 fully saturated rings. The minimum absolute atomic E-state index is 0.114. The Labute approximate surface area is 262 Å². The monoisotopic (exact) mass is 613 g/mol. The molecule has 2 N–H and O–H groups in total. The molecule has 2 aliphatic heterocycles. The van der Waals surface area contributed by atoms with E-state index in [1.165, 1.54) is 0 Å². The lowest BCUT2D eigenvalue weighted by molar-refractivity contribution is 0.0357. The first-order chi connectivity index (χ1) is 22.1. The van der Waals surface area contributed by atoms with Gasteiger partial charge in [-0.3, -0.25) is 19.7 Å². The number of ketones is 1. The summed E-state index contributed by atoms with van der Waals surface area (Å²) < 4.78 is 17.6. The van der Waals surface area contributed by atoms with Crippen molar-refractivity contribution < 1.29 is 29.2 Å². The Balaban J connectivity index is 1.08. The van der Waals surface area contributed by atoms with Crippen molar-refractivity contribution >= 4 is 22.5 Å². The van der Waals surface area contributed by atoms with Gasteiger partial charge in [0.1, 0.15) is 28.8 Å². The molecule has 0 unspecified atom stereocenters. The zero-order valence-corrected chi connectivity index (χ0v) is 25.3. The topological polar surface area (TPSA) is 130 Å². The first-order valence-corrected chi connectivity index (χ1v) is 15.6. The predicted octanol–water partition coefficient (Wildman–Crippen LogP) is 3.80. The van der Waals surface area contributed by atoms with Crippen LogP contribution >= 0.6 is 0 Å². The molecular formula is C34H39N5O6. The van der Waals surface area contributed by atoms with Gasteiger partial charge < -0.3 is 29.3 Å². The molecule has 45 heavy (non-hydrogen) atoms. The fraction of sp³-hybridized carbons (Fsp3) is 0.412. The number of ether oxygens (including phenoxy) is 3. The number of hydrogen-bond acceptors (Lipinski definition) is 11. The average Bonchev–Trinajstić information content (AvgIpc) is 3.08. The quantitative estimate of drug-likeness (QED) is 0.179. The first kappa shape index (κ1) is 30.8. The second-order valence-electron chi connectivity index (χ2n) is 11.4. The van der Waals surface area contributed by atoms with Crippen LogP contribution in [0.2, 0.25) is 0 Å². The summed E-state index contributed by atoms with van der Waals surface area (Å²) in [6.45, 7) is 6.17. The number of pyridine rings is 3. The Kier molecular flexibility index (Phi) is 10.1. The normalized spacial score (nSPS) is 16.2. The molecule has 0 atom stereocenters. The largest absolute Gasteiger partial charge is 0.493 e. The molecule has 0 spiro atoms. The lowest BCUT2D eigenvalue weighted by Crippen LogP contribution is -2.37. The van der Waals surface area contributed by atoms with E-state index >= 15 is 0 Å². The number of carbonyl (C=O) groups is 1. The zero-order valence-electron chi connectivity index (χ0n) is 25.3.